The predicted octanol–water partition coefficient (Wildman–Crippen LogP) is 0.176. The third-order valence-electron chi connectivity index (χ3n) is 2.33. The van der Waals surface area contributed by atoms with Crippen LogP contribution in [0.5, 0.6) is 0 Å². The molecule has 72 valence electrons. The van der Waals surface area contributed by atoms with Crippen molar-refractivity contribution >= 4 is 5.91 Å². The molecule has 13 heavy (non-hydrogen) atoms. The van der Waals surface area contributed by atoms with E-state index in [1.54, 1.807) is 6.92 Å². The first-order chi connectivity index (χ1) is 6.13. The Hall–Kier alpha value is -1.08. The highest BCUT2D eigenvalue weighted by atomic mass is 16.3. The van der Waals surface area contributed by atoms with Crippen molar-refractivity contribution in [1.29, 1.82) is 5.26 Å². The highest BCUT2D eigenvalue weighted by molar-refractivity contribution is 5.79. The van der Waals surface area contributed by atoms with Gasteiger partial charge in [-0.15, -0.1) is 0 Å². The zero-order valence-corrected chi connectivity index (χ0v) is 7.66. The molecule has 4 heteroatoms. The summed E-state index contributed by atoms with van der Waals surface area (Å²) in [5, 5.41) is 20.2. The van der Waals surface area contributed by atoms with E-state index in [-0.39, 0.29) is 17.9 Å². The van der Waals surface area contributed by atoms with Gasteiger partial charge in [0.2, 0.25) is 5.91 Å². The predicted molar refractivity (Wildman–Crippen MR) is 46.6 cm³/mol. The number of nitrogens with zero attached hydrogens (tertiary/aromatic N) is 1. The number of amides is 1. The molecule has 3 atom stereocenters. The van der Waals surface area contributed by atoms with Gasteiger partial charge in [-0.3, -0.25) is 4.79 Å². The summed E-state index contributed by atoms with van der Waals surface area (Å²) in [6, 6.07) is 1.50. The van der Waals surface area contributed by atoms with Crippen LogP contribution in [0.3, 0.4) is 0 Å². The Bertz CT molecular complexity index is 234. The second-order valence-corrected chi connectivity index (χ2v) is 3.52. The average Bonchev–Trinajstić information content (AvgIpc) is 2.51. The van der Waals surface area contributed by atoms with Gasteiger partial charge in [0, 0.05) is 5.92 Å². The Labute approximate surface area is 77.6 Å². The smallest absolute Gasteiger partial charge is 0.224 e. The van der Waals surface area contributed by atoms with E-state index in [4.69, 9.17) is 5.26 Å². The number of rotatable bonds is 2. The van der Waals surface area contributed by atoms with E-state index in [2.05, 4.69) is 5.32 Å². The van der Waals surface area contributed by atoms with Gasteiger partial charge in [-0.05, 0) is 26.2 Å². The van der Waals surface area contributed by atoms with Crippen molar-refractivity contribution in [2.75, 3.05) is 0 Å². The zero-order valence-electron chi connectivity index (χ0n) is 7.66. The monoisotopic (exact) mass is 182 g/mol. The first kappa shape index (κ1) is 10.0. The number of aliphatic hydroxyl groups excluding tert-OH is 1. The average molecular weight is 182 g/mol. The van der Waals surface area contributed by atoms with Crippen LogP contribution in [0.1, 0.15) is 26.2 Å². The quantitative estimate of drug-likeness (QED) is 0.639. The normalized spacial score (nSPS) is 29.3. The fourth-order valence-electron chi connectivity index (χ4n) is 1.56. The fraction of sp³-hybridized carbons (Fsp3) is 0.778. The molecule has 0 spiro atoms. The molecule has 0 aromatic rings. The molecule has 4 nitrogen and oxygen atoms in total. The Morgan fingerprint density at radius 2 is 2.38 bits per heavy atom. The van der Waals surface area contributed by atoms with Gasteiger partial charge in [0.25, 0.3) is 0 Å². The van der Waals surface area contributed by atoms with E-state index >= 15 is 0 Å². The van der Waals surface area contributed by atoms with Crippen LogP contribution in [0.25, 0.3) is 0 Å². The summed E-state index contributed by atoms with van der Waals surface area (Å²) < 4.78 is 0. The molecule has 0 aromatic carbocycles. The number of hydrogen-bond donors (Lipinski definition) is 2. The standard InChI is InChI=1S/C9H14N2O2/c1-6(5-10)11-9(13)7-2-3-8(12)4-7/h6-8,12H,2-4H2,1H3,(H,11,13)/t6-,7?,8?/m0/s1. The van der Waals surface area contributed by atoms with E-state index in [1.807, 2.05) is 6.07 Å². The van der Waals surface area contributed by atoms with Crippen molar-refractivity contribution in [3.05, 3.63) is 0 Å². The summed E-state index contributed by atoms with van der Waals surface area (Å²) in [7, 11) is 0. The first-order valence-corrected chi connectivity index (χ1v) is 4.51. The highest BCUT2D eigenvalue weighted by Gasteiger charge is 2.28. The van der Waals surface area contributed by atoms with Crippen LogP contribution >= 0.6 is 0 Å². The SMILES string of the molecule is C[C@@H](C#N)NC(=O)C1CCC(O)C1. The summed E-state index contributed by atoms with van der Waals surface area (Å²) >= 11 is 0. The van der Waals surface area contributed by atoms with Gasteiger partial charge in [-0.1, -0.05) is 0 Å². The maximum Gasteiger partial charge on any atom is 0.224 e. The molecule has 1 aliphatic carbocycles. The fourth-order valence-corrected chi connectivity index (χ4v) is 1.56. The summed E-state index contributed by atoms with van der Waals surface area (Å²) in [5.41, 5.74) is 0. The molecule has 0 aliphatic heterocycles. The molecule has 1 fully saturated rings. The van der Waals surface area contributed by atoms with E-state index in [9.17, 15) is 9.90 Å². The van der Waals surface area contributed by atoms with Crippen molar-refractivity contribution < 1.29 is 9.90 Å². The van der Waals surface area contributed by atoms with Crippen molar-refractivity contribution in [2.45, 2.75) is 38.3 Å². The molecule has 1 saturated carbocycles. The van der Waals surface area contributed by atoms with Crippen LogP contribution in [0.2, 0.25) is 0 Å². The minimum Gasteiger partial charge on any atom is -0.393 e. The maximum absolute atomic E-state index is 11.4. The zero-order chi connectivity index (χ0) is 9.84. The number of aliphatic hydroxyl groups is 1. The first-order valence-electron chi connectivity index (χ1n) is 4.51. The van der Waals surface area contributed by atoms with Gasteiger partial charge in [-0.2, -0.15) is 5.26 Å². The summed E-state index contributed by atoms with van der Waals surface area (Å²) in [5.74, 6) is -0.212. The van der Waals surface area contributed by atoms with Crippen molar-refractivity contribution in [3.8, 4) is 6.07 Å². The Morgan fingerprint density at radius 3 is 2.85 bits per heavy atom. The van der Waals surface area contributed by atoms with Gasteiger partial charge in [0.1, 0.15) is 6.04 Å². The summed E-state index contributed by atoms with van der Waals surface area (Å²) in [6.45, 7) is 1.64. The van der Waals surface area contributed by atoms with Gasteiger partial charge in [0.15, 0.2) is 0 Å². The number of carbonyl (C=O) groups excluding carboxylic acids is 1. The van der Waals surface area contributed by atoms with Gasteiger partial charge < -0.3 is 10.4 Å². The number of carbonyl (C=O) groups is 1. The number of hydrogen-bond acceptors (Lipinski definition) is 3. The minimum absolute atomic E-state index is 0.106. The topological polar surface area (TPSA) is 73.1 Å². The van der Waals surface area contributed by atoms with Crippen molar-refractivity contribution in [2.24, 2.45) is 5.92 Å². The van der Waals surface area contributed by atoms with Gasteiger partial charge in [0.05, 0.1) is 12.2 Å². The lowest BCUT2D eigenvalue weighted by Crippen LogP contribution is -2.35. The molecule has 0 radical (unpaired) electrons. The molecule has 0 saturated heterocycles. The minimum atomic E-state index is -0.440. The van der Waals surface area contributed by atoms with E-state index < -0.39 is 6.04 Å². The number of nitriles is 1. The van der Waals surface area contributed by atoms with Gasteiger partial charge in [-0.25, -0.2) is 0 Å². The molecule has 2 N–H and O–H groups in total. The van der Waals surface area contributed by atoms with Crippen LogP contribution in [0.4, 0.5) is 0 Å². The maximum atomic E-state index is 11.4. The van der Waals surface area contributed by atoms with Crippen LogP contribution in [0.15, 0.2) is 0 Å². The lowest BCUT2D eigenvalue weighted by Gasteiger charge is -2.11. The Kier molecular flexibility index (Phi) is 3.26. The lowest BCUT2D eigenvalue weighted by molar-refractivity contribution is -0.125. The molecule has 0 aromatic heterocycles. The van der Waals surface area contributed by atoms with Crippen LogP contribution in [-0.2, 0) is 4.79 Å². The largest absolute Gasteiger partial charge is 0.393 e. The summed E-state index contributed by atoms with van der Waals surface area (Å²) in [6.07, 6.45) is 1.61. The van der Waals surface area contributed by atoms with Crippen LogP contribution in [0, 0.1) is 17.2 Å². The van der Waals surface area contributed by atoms with Crippen molar-refractivity contribution in [3.63, 3.8) is 0 Å². The van der Waals surface area contributed by atoms with E-state index in [0.29, 0.717) is 12.8 Å². The molecule has 1 rings (SSSR count). The molecule has 2 unspecified atom stereocenters. The molecular formula is C9H14N2O2. The third kappa shape index (κ3) is 2.71. The second-order valence-electron chi connectivity index (χ2n) is 3.52. The molecule has 0 heterocycles. The molecule has 0 bridgehead atoms. The molecular weight excluding hydrogens is 168 g/mol. The highest BCUT2D eigenvalue weighted by Crippen LogP contribution is 2.25. The van der Waals surface area contributed by atoms with Crippen LogP contribution in [-0.4, -0.2) is 23.2 Å². The van der Waals surface area contributed by atoms with Crippen molar-refractivity contribution in [1.82, 2.24) is 5.32 Å². The lowest BCUT2D eigenvalue weighted by atomic mass is 10.1. The Balaban J connectivity index is 2.37. The summed E-state index contributed by atoms with van der Waals surface area (Å²) in [4.78, 5) is 11.4. The Morgan fingerprint density at radius 1 is 1.69 bits per heavy atom. The van der Waals surface area contributed by atoms with E-state index in [1.165, 1.54) is 0 Å². The van der Waals surface area contributed by atoms with Crippen LogP contribution < -0.4 is 5.32 Å². The second kappa shape index (κ2) is 4.24. The molecule has 1 amide bonds. The van der Waals surface area contributed by atoms with Gasteiger partial charge >= 0.3 is 0 Å². The molecule has 1 aliphatic rings. The number of nitrogens with one attached hydrogen (secondary N) is 1. The third-order valence-corrected chi connectivity index (χ3v) is 2.33. The van der Waals surface area contributed by atoms with E-state index in [0.717, 1.165) is 6.42 Å².